The third-order valence-corrected chi connectivity index (χ3v) is 7.76. The number of benzene rings is 1. The molecule has 6 nitrogen and oxygen atoms in total. The van der Waals surface area contributed by atoms with Gasteiger partial charge in [-0.25, -0.2) is 8.42 Å². The fourth-order valence-corrected chi connectivity index (χ4v) is 6.12. The maximum Gasteiger partial charge on any atom is 0.422 e. The lowest BCUT2D eigenvalue weighted by Gasteiger charge is -2.34. The molecule has 11 heteroatoms. The van der Waals surface area contributed by atoms with Gasteiger partial charge in [0.15, 0.2) is 6.61 Å². The predicted molar refractivity (Wildman–Crippen MR) is 106 cm³/mol. The molecular formula is C19H21F3N2O4S2. The van der Waals surface area contributed by atoms with Crippen LogP contribution in [0.25, 0.3) is 0 Å². The van der Waals surface area contributed by atoms with E-state index in [0.29, 0.717) is 10.5 Å². The van der Waals surface area contributed by atoms with Gasteiger partial charge in [-0.2, -0.15) is 17.5 Å². The van der Waals surface area contributed by atoms with Crippen molar-refractivity contribution >= 4 is 27.3 Å². The second kappa shape index (κ2) is 8.56. The lowest BCUT2D eigenvalue weighted by molar-refractivity contribution is -0.153. The van der Waals surface area contributed by atoms with Crippen LogP contribution in [0.4, 0.5) is 13.2 Å². The first-order valence-electron chi connectivity index (χ1n) is 9.13. The van der Waals surface area contributed by atoms with Crippen LogP contribution < -0.4 is 4.74 Å². The molecule has 0 spiro atoms. The number of alkyl halides is 3. The van der Waals surface area contributed by atoms with E-state index in [4.69, 9.17) is 0 Å². The van der Waals surface area contributed by atoms with Gasteiger partial charge in [-0.3, -0.25) is 4.79 Å². The molecule has 3 rings (SSSR count). The Balaban J connectivity index is 1.61. The molecule has 1 aromatic carbocycles. The molecule has 0 saturated carbocycles. The summed E-state index contributed by atoms with van der Waals surface area (Å²) in [5.41, 5.74) is 0.301. The maximum atomic E-state index is 12.9. The van der Waals surface area contributed by atoms with E-state index in [0.717, 1.165) is 9.75 Å². The number of halogens is 3. The summed E-state index contributed by atoms with van der Waals surface area (Å²) < 4.78 is 68.4. The SMILES string of the molecule is Cc1cc(S(=O)(=O)N2CCN(C(=O)c3ccc(OCC(F)(F)F)cc3)CC2)c(C)s1. The zero-order chi connectivity index (χ0) is 22.1. The van der Waals surface area contributed by atoms with Crippen molar-refractivity contribution in [2.75, 3.05) is 32.8 Å². The van der Waals surface area contributed by atoms with Gasteiger partial charge in [-0.1, -0.05) is 0 Å². The van der Waals surface area contributed by atoms with Gasteiger partial charge in [0.05, 0.1) is 4.90 Å². The largest absolute Gasteiger partial charge is 0.484 e. The van der Waals surface area contributed by atoms with Crippen LogP contribution in [-0.2, 0) is 10.0 Å². The molecule has 164 valence electrons. The van der Waals surface area contributed by atoms with E-state index in [1.54, 1.807) is 13.0 Å². The number of carbonyl (C=O) groups is 1. The second-order valence-corrected chi connectivity index (χ2v) is 10.3. The number of thiophene rings is 1. The van der Waals surface area contributed by atoms with Crippen molar-refractivity contribution in [1.82, 2.24) is 9.21 Å². The fraction of sp³-hybridized carbons (Fsp3) is 0.421. The monoisotopic (exact) mass is 462 g/mol. The van der Waals surface area contributed by atoms with Crippen LogP contribution in [0.15, 0.2) is 35.2 Å². The number of rotatable bonds is 5. The van der Waals surface area contributed by atoms with Crippen molar-refractivity contribution in [2.45, 2.75) is 24.9 Å². The van der Waals surface area contributed by atoms with Crippen LogP contribution in [0.3, 0.4) is 0 Å². The van der Waals surface area contributed by atoms with Crippen molar-refractivity contribution in [3.63, 3.8) is 0 Å². The minimum atomic E-state index is -4.44. The summed E-state index contributed by atoms with van der Waals surface area (Å²) in [4.78, 5) is 16.1. The summed E-state index contributed by atoms with van der Waals surface area (Å²) in [6.07, 6.45) is -4.44. The van der Waals surface area contributed by atoms with E-state index in [-0.39, 0.29) is 37.8 Å². The van der Waals surface area contributed by atoms with Crippen molar-refractivity contribution in [3.8, 4) is 5.75 Å². The van der Waals surface area contributed by atoms with Gasteiger partial charge >= 0.3 is 6.18 Å². The Labute approximate surface area is 176 Å². The van der Waals surface area contributed by atoms with Crippen LogP contribution in [0.1, 0.15) is 20.1 Å². The first-order chi connectivity index (χ1) is 14.0. The molecular weight excluding hydrogens is 441 g/mol. The molecule has 1 aromatic heterocycles. The van der Waals surface area contributed by atoms with Crippen LogP contribution in [0, 0.1) is 13.8 Å². The number of carbonyl (C=O) groups excluding carboxylic acids is 1. The fourth-order valence-electron chi connectivity index (χ4n) is 3.18. The highest BCUT2D eigenvalue weighted by Crippen LogP contribution is 2.28. The quantitative estimate of drug-likeness (QED) is 0.683. The van der Waals surface area contributed by atoms with E-state index in [9.17, 15) is 26.4 Å². The number of aryl methyl sites for hydroxylation is 2. The number of amides is 1. The van der Waals surface area contributed by atoms with E-state index >= 15 is 0 Å². The van der Waals surface area contributed by atoms with Crippen molar-refractivity contribution in [1.29, 1.82) is 0 Å². The maximum absolute atomic E-state index is 12.9. The molecule has 0 bridgehead atoms. The van der Waals surface area contributed by atoms with E-state index in [2.05, 4.69) is 4.74 Å². The summed E-state index contributed by atoms with van der Waals surface area (Å²) in [5, 5.41) is 0. The standard InChI is InChI=1S/C19H21F3N2O4S2/c1-13-11-17(14(2)29-13)30(26,27)24-9-7-23(8-10-24)18(25)15-3-5-16(6-4-15)28-12-19(20,21)22/h3-6,11H,7-10,12H2,1-2H3. The van der Waals surface area contributed by atoms with E-state index in [1.807, 2.05) is 6.92 Å². The van der Waals surface area contributed by atoms with Gasteiger partial charge in [0.2, 0.25) is 10.0 Å². The minimum absolute atomic E-state index is 0.0150. The number of hydrogen-bond acceptors (Lipinski definition) is 5. The highest BCUT2D eigenvalue weighted by atomic mass is 32.2. The smallest absolute Gasteiger partial charge is 0.422 e. The minimum Gasteiger partial charge on any atom is -0.484 e. The first kappa shape index (κ1) is 22.6. The van der Waals surface area contributed by atoms with Gasteiger partial charge in [-0.15, -0.1) is 11.3 Å². The summed E-state index contributed by atoms with van der Waals surface area (Å²) >= 11 is 1.43. The van der Waals surface area contributed by atoms with Crippen molar-refractivity contribution in [3.05, 3.63) is 45.6 Å². The molecule has 2 aromatic rings. The molecule has 0 unspecified atom stereocenters. The van der Waals surface area contributed by atoms with Crippen LogP contribution in [0.2, 0.25) is 0 Å². The Morgan fingerprint density at radius 3 is 2.20 bits per heavy atom. The highest BCUT2D eigenvalue weighted by Gasteiger charge is 2.32. The third kappa shape index (κ3) is 5.13. The Bertz CT molecular complexity index is 1010. The van der Waals surface area contributed by atoms with Gasteiger partial charge in [0, 0.05) is 41.5 Å². The van der Waals surface area contributed by atoms with Crippen molar-refractivity contribution < 1.29 is 31.1 Å². The zero-order valence-corrected chi connectivity index (χ0v) is 18.0. The number of ether oxygens (including phenoxy) is 1. The molecule has 1 aliphatic heterocycles. The van der Waals surface area contributed by atoms with Gasteiger partial charge < -0.3 is 9.64 Å². The lowest BCUT2D eigenvalue weighted by atomic mass is 10.2. The average molecular weight is 463 g/mol. The molecule has 1 saturated heterocycles. The summed E-state index contributed by atoms with van der Waals surface area (Å²) in [5.74, 6) is -0.293. The number of sulfonamides is 1. The number of hydrogen-bond donors (Lipinski definition) is 0. The topological polar surface area (TPSA) is 66.9 Å². The van der Waals surface area contributed by atoms with Crippen LogP contribution in [0.5, 0.6) is 5.75 Å². The predicted octanol–water partition coefficient (Wildman–Crippen LogP) is 3.45. The molecule has 2 heterocycles. The molecule has 1 amide bonds. The normalized spacial score (nSPS) is 16.0. The van der Waals surface area contributed by atoms with Gasteiger partial charge in [0.25, 0.3) is 5.91 Å². The number of nitrogens with zero attached hydrogens (tertiary/aromatic N) is 2. The van der Waals surface area contributed by atoms with E-state index < -0.39 is 22.8 Å². The molecule has 0 radical (unpaired) electrons. The molecule has 0 aliphatic carbocycles. The third-order valence-electron chi connectivity index (χ3n) is 4.64. The van der Waals surface area contributed by atoms with Gasteiger partial charge in [0.1, 0.15) is 5.75 Å². The molecule has 0 atom stereocenters. The molecule has 30 heavy (non-hydrogen) atoms. The average Bonchev–Trinajstić information content (AvgIpc) is 3.04. The second-order valence-electron chi connectivity index (χ2n) is 6.90. The lowest BCUT2D eigenvalue weighted by Crippen LogP contribution is -2.50. The summed E-state index contributed by atoms with van der Waals surface area (Å²) in [6, 6.07) is 7.07. The van der Waals surface area contributed by atoms with Gasteiger partial charge in [-0.05, 0) is 44.2 Å². The van der Waals surface area contributed by atoms with E-state index in [1.165, 1.54) is 44.8 Å². The van der Waals surface area contributed by atoms with Crippen LogP contribution >= 0.6 is 11.3 Å². The molecule has 1 aliphatic rings. The van der Waals surface area contributed by atoms with Crippen LogP contribution in [-0.4, -0.2) is 62.5 Å². The summed E-state index contributed by atoms with van der Waals surface area (Å²) in [6.45, 7) is 3.03. The molecule has 0 N–H and O–H groups in total. The highest BCUT2D eigenvalue weighted by molar-refractivity contribution is 7.89. The Hall–Kier alpha value is -2.11. The molecule has 1 fully saturated rings. The summed E-state index contributed by atoms with van der Waals surface area (Å²) in [7, 11) is -3.61. The number of piperazine rings is 1. The Morgan fingerprint density at radius 1 is 1.10 bits per heavy atom. The van der Waals surface area contributed by atoms with Crippen molar-refractivity contribution in [2.24, 2.45) is 0 Å². The Morgan fingerprint density at radius 2 is 1.70 bits per heavy atom. The first-order valence-corrected chi connectivity index (χ1v) is 11.4. The zero-order valence-electron chi connectivity index (χ0n) is 16.4. The Kier molecular flexibility index (Phi) is 6.44.